The molecule has 1 fully saturated rings. The summed E-state index contributed by atoms with van der Waals surface area (Å²) in [5.41, 5.74) is 1.73. The second-order valence-corrected chi connectivity index (χ2v) is 6.41. The maximum atomic E-state index is 13.6. The molecule has 0 aromatic heterocycles. The van der Waals surface area contributed by atoms with E-state index in [0.717, 1.165) is 31.7 Å². The third-order valence-electron chi connectivity index (χ3n) is 4.69. The van der Waals surface area contributed by atoms with E-state index < -0.39 is 0 Å². The number of hydrogen-bond acceptors (Lipinski definition) is 4. The Morgan fingerprint density at radius 2 is 2.00 bits per heavy atom. The van der Waals surface area contributed by atoms with Crippen LogP contribution in [0.2, 0.25) is 0 Å². The first-order chi connectivity index (χ1) is 10.5. The van der Waals surface area contributed by atoms with E-state index in [4.69, 9.17) is 5.11 Å². The van der Waals surface area contributed by atoms with Crippen molar-refractivity contribution in [3.05, 3.63) is 35.1 Å². The lowest BCUT2D eigenvalue weighted by molar-refractivity contribution is 0.160. The molecule has 0 bridgehead atoms. The average molecular weight is 310 g/mol. The van der Waals surface area contributed by atoms with E-state index >= 15 is 0 Å². The van der Waals surface area contributed by atoms with E-state index in [1.54, 1.807) is 6.07 Å². The number of rotatable bonds is 7. The summed E-state index contributed by atoms with van der Waals surface area (Å²) in [7, 11) is 1.99. The molecule has 2 rings (SSSR count). The first-order valence-corrected chi connectivity index (χ1v) is 7.91. The maximum absolute atomic E-state index is 13.6. The maximum Gasteiger partial charge on any atom is 0.126 e. The zero-order valence-corrected chi connectivity index (χ0v) is 13.5. The van der Waals surface area contributed by atoms with E-state index in [-0.39, 0.29) is 24.9 Å². The highest BCUT2D eigenvalue weighted by atomic mass is 19.1. The van der Waals surface area contributed by atoms with Crippen LogP contribution in [0.5, 0.6) is 0 Å². The molecule has 0 saturated carbocycles. The van der Waals surface area contributed by atoms with Gasteiger partial charge in [-0.3, -0.25) is 4.90 Å². The van der Waals surface area contributed by atoms with Crippen LogP contribution < -0.4 is 0 Å². The Bertz CT molecular complexity index is 484. The van der Waals surface area contributed by atoms with Gasteiger partial charge in [0.25, 0.3) is 0 Å². The molecule has 1 aliphatic heterocycles. The van der Waals surface area contributed by atoms with Crippen LogP contribution >= 0.6 is 0 Å². The molecular weight excluding hydrogens is 283 g/mol. The lowest BCUT2D eigenvalue weighted by Crippen LogP contribution is -2.32. The predicted octanol–water partition coefficient (Wildman–Crippen LogP) is 1.10. The highest BCUT2D eigenvalue weighted by Gasteiger charge is 2.32. The number of aliphatic hydroxyl groups excluding tert-OH is 2. The number of benzene rings is 1. The second-order valence-electron chi connectivity index (χ2n) is 6.41. The molecule has 0 aliphatic carbocycles. The van der Waals surface area contributed by atoms with Gasteiger partial charge in [-0.25, -0.2) is 4.39 Å². The summed E-state index contributed by atoms with van der Waals surface area (Å²) < 4.78 is 13.6. The Balaban J connectivity index is 1.97. The van der Waals surface area contributed by atoms with Gasteiger partial charge in [0.15, 0.2) is 0 Å². The van der Waals surface area contributed by atoms with Crippen LogP contribution in [0.4, 0.5) is 4.39 Å². The minimum atomic E-state index is -0.158. The summed E-state index contributed by atoms with van der Waals surface area (Å²) >= 11 is 0. The van der Waals surface area contributed by atoms with E-state index in [1.807, 2.05) is 20.0 Å². The molecule has 0 radical (unpaired) electrons. The van der Waals surface area contributed by atoms with Crippen LogP contribution in [0, 0.1) is 24.6 Å². The standard InChI is InChI=1S/C17H27FN2O2/c1-13-14(4-3-5-17(13)18)9-20-10-15(16(11-20)12-22)8-19(2)6-7-21/h3-5,15-16,21-22H,6-12H2,1-2H3/t15-,16-/m1/s1. The SMILES string of the molecule is Cc1c(F)cccc1CN1C[C@@H](CN(C)CCO)[C@@H](CO)C1. The summed E-state index contributed by atoms with van der Waals surface area (Å²) in [4.78, 5) is 4.39. The molecule has 0 unspecified atom stereocenters. The van der Waals surface area contributed by atoms with E-state index in [0.29, 0.717) is 18.0 Å². The number of likely N-dealkylation sites (tertiary alicyclic amines) is 1. The summed E-state index contributed by atoms with van der Waals surface area (Å²) in [5.74, 6) is 0.472. The van der Waals surface area contributed by atoms with Crippen LogP contribution in [-0.2, 0) is 6.54 Å². The topological polar surface area (TPSA) is 46.9 Å². The number of aliphatic hydroxyl groups is 2. The molecule has 0 amide bonds. The second kappa shape index (κ2) is 8.02. The highest BCUT2D eigenvalue weighted by Crippen LogP contribution is 2.26. The molecule has 5 heteroatoms. The van der Waals surface area contributed by atoms with E-state index in [1.165, 1.54) is 6.07 Å². The number of nitrogens with zero attached hydrogens (tertiary/aromatic N) is 2. The van der Waals surface area contributed by atoms with Crippen molar-refractivity contribution >= 4 is 0 Å². The Kier molecular flexibility index (Phi) is 6.32. The van der Waals surface area contributed by atoms with Crippen molar-refractivity contribution in [3.8, 4) is 0 Å². The number of halogens is 1. The molecule has 1 saturated heterocycles. The third-order valence-corrected chi connectivity index (χ3v) is 4.69. The van der Waals surface area contributed by atoms with Crippen LogP contribution in [-0.4, -0.2) is 66.5 Å². The number of likely N-dealkylation sites (N-methyl/N-ethyl adjacent to an activating group) is 1. The summed E-state index contributed by atoms with van der Waals surface area (Å²) in [6.45, 7) is 6.12. The monoisotopic (exact) mass is 310 g/mol. The van der Waals surface area contributed by atoms with Crippen molar-refractivity contribution in [1.29, 1.82) is 0 Å². The molecule has 2 atom stereocenters. The summed E-state index contributed by atoms with van der Waals surface area (Å²) in [6.07, 6.45) is 0. The Hall–Kier alpha value is -1.01. The molecule has 124 valence electrons. The van der Waals surface area contributed by atoms with Gasteiger partial charge in [-0.15, -0.1) is 0 Å². The minimum absolute atomic E-state index is 0.152. The molecule has 0 spiro atoms. The van der Waals surface area contributed by atoms with Crippen molar-refractivity contribution in [2.24, 2.45) is 11.8 Å². The fourth-order valence-corrected chi connectivity index (χ4v) is 3.31. The highest BCUT2D eigenvalue weighted by molar-refractivity contribution is 5.27. The van der Waals surface area contributed by atoms with E-state index in [9.17, 15) is 9.50 Å². The van der Waals surface area contributed by atoms with E-state index in [2.05, 4.69) is 9.80 Å². The van der Waals surface area contributed by atoms with Crippen molar-refractivity contribution < 1.29 is 14.6 Å². The van der Waals surface area contributed by atoms with Crippen molar-refractivity contribution in [2.75, 3.05) is 46.4 Å². The zero-order valence-electron chi connectivity index (χ0n) is 13.5. The largest absolute Gasteiger partial charge is 0.396 e. The molecule has 1 heterocycles. The van der Waals surface area contributed by atoms with Crippen LogP contribution in [0.15, 0.2) is 18.2 Å². The van der Waals surface area contributed by atoms with Gasteiger partial charge in [-0.1, -0.05) is 12.1 Å². The van der Waals surface area contributed by atoms with Gasteiger partial charge in [0.2, 0.25) is 0 Å². The summed E-state index contributed by atoms with van der Waals surface area (Å²) in [6, 6.07) is 5.22. The van der Waals surface area contributed by atoms with Gasteiger partial charge >= 0.3 is 0 Å². The normalized spacial score (nSPS) is 22.6. The van der Waals surface area contributed by atoms with Gasteiger partial charge < -0.3 is 15.1 Å². The molecule has 2 N–H and O–H groups in total. The van der Waals surface area contributed by atoms with Gasteiger partial charge in [0.05, 0.1) is 6.61 Å². The fourth-order valence-electron chi connectivity index (χ4n) is 3.31. The Morgan fingerprint density at radius 3 is 2.68 bits per heavy atom. The van der Waals surface area contributed by atoms with Gasteiger partial charge in [-0.05, 0) is 43.0 Å². The zero-order chi connectivity index (χ0) is 16.1. The van der Waals surface area contributed by atoms with Crippen LogP contribution in [0.1, 0.15) is 11.1 Å². The van der Waals surface area contributed by atoms with Crippen LogP contribution in [0.25, 0.3) is 0 Å². The van der Waals surface area contributed by atoms with Crippen molar-refractivity contribution in [3.63, 3.8) is 0 Å². The number of hydrogen-bond donors (Lipinski definition) is 2. The van der Waals surface area contributed by atoms with Crippen molar-refractivity contribution in [1.82, 2.24) is 9.80 Å². The minimum Gasteiger partial charge on any atom is -0.396 e. The molecular formula is C17H27FN2O2. The fraction of sp³-hybridized carbons (Fsp3) is 0.647. The first-order valence-electron chi connectivity index (χ1n) is 7.91. The lowest BCUT2D eigenvalue weighted by atomic mass is 9.96. The molecule has 1 aromatic rings. The van der Waals surface area contributed by atoms with Crippen LogP contribution in [0.3, 0.4) is 0 Å². The molecule has 22 heavy (non-hydrogen) atoms. The Labute approximate surface area is 132 Å². The van der Waals surface area contributed by atoms with Gasteiger partial charge in [0.1, 0.15) is 5.82 Å². The quantitative estimate of drug-likeness (QED) is 0.792. The predicted molar refractivity (Wildman–Crippen MR) is 85.1 cm³/mol. The lowest BCUT2D eigenvalue weighted by Gasteiger charge is -2.23. The summed E-state index contributed by atoms with van der Waals surface area (Å²) in [5, 5.41) is 18.6. The molecule has 1 aliphatic rings. The smallest absolute Gasteiger partial charge is 0.126 e. The molecule has 1 aromatic carbocycles. The van der Waals surface area contributed by atoms with Gasteiger partial charge in [-0.2, -0.15) is 0 Å². The third kappa shape index (κ3) is 4.26. The average Bonchev–Trinajstić information content (AvgIpc) is 2.86. The van der Waals surface area contributed by atoms with Gasteiger partial charge in [0, 0.05) is 39.3 Å². The molecule has 4 nitrogen and oxygen atoms in total. The Morgan fingerprint density at radius 1 is 1.27 bits per heavy atom. The first kappa shape index (κ1) is 17.3. The van der Waals surface area contributed by atoms with Crippen molar-refractivity contribution in [2.45, 2.75) is 13.5 Å².